The summed E-state index contributed by atoms with van der Waals surface area (Å²) in [5.74, 6) is -0.626. The van der Waals surface area contributed by atoms with Crippen LogP contribution in [0.4, 0.5) is 9.18 Å². The summed E-state index contributed by atoms with van der Waals surface area (Å²) in [5.41, 5.74) is 3.55. The van der Waals surface area contributed by atoms with E-state index in [1.165, 1.54) is 36.0 Å². The predicted octanol–water partition coefficient (Wildman–Crippen LogP) is 2.99. The summed E-state index contributed by atoms with van der Waals surface area (Å²) in [6.07, 6.45) is 5.09. The van der Waals surface area contributed by atoms with Gasteiger partial charge in [-0.15, -0.1) is 0 Å². The molecule has 1 aromatic rings. The average Bonchev–Trinajstić information content (AvgIpc) is 3.35. The number of nitrogens with one attached hydrogen (secondary N) is 1. The van der Waals surface area contributed by atoms with Crippen molar-refractivity contribution in [3.63, 3.8) is 0 Å². The number of amides is 2. The number of ether oxygens (including phenoxy) is 1. The van der Waals surface area contributed by atoms with Crippen molar-refractivity contribution in [1.29, 1.82) is 0 Å². The van der Waals surface area contributed by atoms with Gasteiger partial charge in [0.05, 0.1) is 4.91 Å². The minimum absolute atomic E-state index is 0.226. The van der Waals surface area contributed by atoms with E-state index in [0.29, 0.717) is 28.7 Å². The zero-order valence-electron chi connectivity index (χ0n) is 15.3. The molecule has 2 fully saturated rings. The van der Waals surface area contributed by atoms with Crippen LogP contribution in [0.15, 0.2) is 28.1 Å². The Morgan fingerprint density at radius 2 is 2.00 bits per heavy atom. The van der Waals surface area contributed by atoms with E-state index in [2.05, 4.69) is 10.4 Å². The van der Waals surface area contributed by atoms with Crippen LogP contribution in [0.2, 0.25) is 0 Å². The van der Waals surface area contributed by atoms with E-state index in [0.717, 1.165) is 38.8 Å². The molecule has 148 valence electrons. The number of hydrogen-bond acceptors (Lipinski definition) is 6. The molecule has 3 heterocycles. The van der Waals surface area contributed by atoms with Crippen LogP contribution in [0.3, 0.4) is 0 Å². The van der Waals surface area contributed by atoms with Crippen LogP contribution < -0.4 is 10.2 Å². The molecule has 9 heteroatoms. The van der Waals surface area contributed by atoms with E-state index in [1.54, 1.807) is 4.90 Å². The van der Waals surface area contributed by atoms with Crippen LogP contribution >= 0.6 is 11.8 Å². The fourth-order valence-electron chi connectivity index (χ4n) is 3.29. The van der Waals surface area contributed by atoms with Crippen molar-refractivity contribution in [3.8, 4) is 5.75 Å². The number of amidine groups is 1. The highest BCUT2D eigenvalue weighted by atomic mass is 32.2. The van der Waals surface area contributed by atoms with Crippen LogP contribution in [0.5, 0.6) is 5.75 Å². The molecule has 7 nitrogen and oxygen atoms in total. The van der Waals surface area contributed by atoms with Gasteiger partial charge in [-0.05, 0) is 61.7 Å². The Kier molecular flexibility index (Phi) is 5.63. The van der Waals surface area contributed by atoms with Gasteiger partial charge in [-0.2, -0.15) is 4.99 Å². The molecule has 0 atom stereocenters. The lowest BCUT2D eigenvalue weighted by Gasteiger charge is -2.28. The highest BCUT2D eigenvalue weighted by molar-refractivity contribution is 8.18. The van der Waals surface area contributed by atoms with Gasteiger partial charge in [0.1, 0.15) is 11.6 Å². The van der Waals surface area contributed by atoms with E-state index in [4.69, 9.17) is 4.74 Å². The number of hydrazine groups is 1. The molecule has 0 bridgehead atoms. The maximum Gasteiger partial charge on any atom is 0.415 e. The minimum Gasteiger partial charge on any atom is -0.410 e. The van der Waals surface area contributed by atoms with Crippen molar-refractivity contribution in [2.24, 2.45) is 4.99 Å². The minimum atomic E-state index is -0.470. The van der Waals surface area contributed by atoms with Gasteiger partial charge in [0, 0.05) is 31.7 Å². The van der Waals surface area contributed by atoms with Gasteiger partial charge in [0.2, 0.25) is 0 Å². The molecular formula is C19H21FN4O3S. The molecule has 3 aliphatic rings. The molecular weight excluding hydrogens is 383 g/mol. The largest absolute Gasteiger partial charge is 0.415 e. The fraction of sp³-hybridized carbons (Fsp3) is 0.421. The molecule has 0 saturated carbocycles. The maximum absolute atomic E-state index is 13.8. The molecule has 4 rings (SSSR count). The summed E-state index contributed by atoms with van der Waals surface area (Å²) in [4.78, 5) is 30.7. The molecule has 0 radical (unpaired) electrons. The van der Waals surface area contributed by atoms with E-state index >= 15 is 0 Å². The van der Waals surface area contributed by atoms with Crippen molar-refractivity contribution in [2.45, 2.75) is 25.7 Å². The Morgan fingerprint density at radius 3 is 2.75 bits per heavy atom. The maximum atomic E-state index is 13.8. The highest BCUT2D eigenvalue weighted by Gasteiger charge is 2.28. The van der Waals surface area contributed by atoms with Gasteiger partial charge in [-0.25, -0.2) is 14.6 Å². The molecule has 2 amide bonds. The van der Waals surface area contributed by atoms with Crippen LogP contribution in [0.1, 0.15) is 31.2 Å². The van der Waals surface area contributed by atoms with Crippen LogP contribution in [-0.2, 0) is 4.79 Å². The number of likely N-dealkylation sites (tertiary alicyclic amines) is 1. The van der Waals surface area contributed by atoms with Crippen molar-refractivity contribution < 1.29 is 18.7 Å². The van der Waals surface area contributed by atoms with Crippen molar-refractivity contribution in [1.82, 2.24) is 15.3 Å². The van der Waals surface area contributed by atoms with E-state index in [1.807, 2.05) is 5.01 Å². The van der Waals surface area contributed by atoms with Gasteiger partial charge in [0.15, 0.2) is 5.17 Å². The monoisotopic (exact) mass is 404 g/mol. The van der Waals surface area contributed by atoms with E-state index < -0.39 is 11.9 Å². The van der Waals surface area contributed by atoms with E-state index in [-0.39, 0.29) is 11.7 Å². The predicted molar refractivity (Wildman–Crippen MR) is 105 cm³/mol. The lowest BCUT2D eigenvalue weighted by molar-refractivity contribution is -0.113. The number of rotatable bonds is 2. The first-order chi connectivity index (χ1) is 13.6. The topological polar surface area (TPSA) is 74.2 Å². The molecule has 1 N–H and O–H groups in total. The number of hydrogen-bond donors (Lipinski definition) is 1. The standard InChI is InChI=1S/C19H21FN4O3S/c20-14-5-6-15(27-19(26)23-8-3-4-9-23)13(11-14)12-16-17(25)22-18(28-16)24-10-2-1-7-21-24/h5-6,11-12,21H,1-4,7-10H2/b16-12+. The van der Waals surface area contributed by atoms with Gasteiger partial charge < -0.3 is 9.64 Å². The lowest BCUT2D eigenvalue weighted by atomic mass is 10.2. The molecule has 1 aromatic carbocycles. The number of halogens is 1. The molecule has 0 spiro atoms. The van der Waals surface area contributed by atoms with Crippen LogP contribution in [0, 0.1) is 5.82 Å². The molecule has 28 heavy (non-hydrogen) atoms. The highest BCUT2D eigenvalue weighted by Crippen LogP contribution is 2.33. The molecule has 0 aliphatic carbocycles. The smallest absolute Gasteiger partial charge is 0.410 e. The SMILES string of the molecule is O=C1N=C(N2CCCCN2)S/C1=C/c1cc(F)ccc1OC(=O)N1CCCC1. The average molecular weight is 404 g/mol. The first-order valence-corrected chi connectivity index (χ1v) is 10.2. The van der Waals surface area contributed by atoms with Crippen molar-refractivity contribution in [2.75, 3.05) is 26.2 Å². The fourth-order valence-corrected chi connectivity index (χ4v) is 4.20. The first kappa shape index (κ1) is 18.9. The Hall–Kier alpha value is -2.39. The Balaban J connectivity index is 1.53. The second-order valence-corrected chi connectivity index (χ2v) is 7.83. The molecule has 2 saturated heterocycles. The second-order valence-electron chi connectivity index (χ2n) is 6.82. The summed E-state index contributed by atoms with van der Waals surface area (Å²) in [6, 6.07) is 3.90. The summed E-state index contributed by atoms with van der Waals surface area (Å²) in [7, 11) is 0. The summed E-state index contributed by atoms with van der Waals surface area (Å²) >= 11 is 1.23. The summed E-state index contributed by atoms with van der Waals surface area (Å²) in [5, 5.41) is 2.45. The van der Waals surface area contributed by atoms with E-state index in [9.17, 15) is 14.0 Å². The third kappa shape index (κ3) is 4.20. The zero-order valence-corrected chi connectivity index (χ0v) is 16.1. The van der Waals surface area contributed by atoms with Gasteiger partial charge in [-0.3, -0.25) is 9.80 Å². The number of aliphatic imine (C=N–C) groups is 1. The first-order valence-electron chi connectivity index (χ1n) is 9.40. The van der Waals surface area contributed by atoms with Gasteiger partial charge >= 0.3 is 6.09 Å². The number of carbonyl (C=O) groups excluding carboxylic acids is 2. The van der Waals surface area contributed by atoms with Crippen LogP contribution in [0.25, 0.3) is 6.08 Å². The quantitative estimate of drug-likeness (QED) is 0.764. The molecule has 3 aliphatic heterocycles. The van der Waals surface area contributed by atoms with Crippen molar-refractivity contribution in [3.05, 3.63) is 34.5 Å². The third-order valence-electron chi connectivity index (χ3n) is 4.77. The van der Waals surface area contributed by atoms with Gasteiger partial charge in [-0.1, -0.05) is 0 Å². The number of benzene rings is 1. The van der Waals surface area contributed by atoms with Gasteiger partial charge in [0.25, 0.3) is 5.91 Å². The second kappa shape index (κ2) is 8.32. The number of carbonyl (C=O) groups is 2. The molecule has 0 unspecified atom stereocenters. The Labute approximate surface area is 166 Å². The molecule has 0 aromatic heterocycles. The Bertz CT molecular complexity index is 846. The number of thioether (sulfide) groups is 1. The summed E-state index contributed by atoms with van der Waals surface area (Å²) < 4.78 is 19.3. The normalized spacial score (nSPS) is 21.4. The number of nitrogens with zero attached hydrogens (tertiary/aromatic N) is 3. The lowest BCUT2D eigenvalue weighted by Crippen LogP contribution is -2.45. The summed E-state index contributed by atoms with van der Waals surface area (Å²) in [6.45, 7) is 2.94. The van der Waals surface area contributed by atoms with Crippen molar-refractivity contribution >= 4 is 35.0 Å². The zero-order chi connectivity index (χ0) is 19.5. The third-order valence-corrected chi connectivity index (χ3v) is 5.78. The Morgan fingerprint density at radius 1 is 1.21 bits per heavy atom. The van der Waals surface area contributed by atoms with Crippen LogP contribution in [-0.4, -0.2) is 53.3 Å².